The zero-order chi connectivity index (χ0) is 9.68. The van der Waals surface area contributed by atoms with Gasteiger partial charge < -0.3 is 15.3 Å². The van der Waals surface area contributed by atoms with Crippen molar-refractivity contribution >= 4 is 6.21 Å². The first-order valence-electron chi connectivity index (χ1n) is 3.84. The number of phenolic OH excluding ortho intramolecular Hbond substituents is 1. The molecule has 0 saturated carbocycles. The summed E-state index contributed by atoms with van der Waals surface area (Å²) < 4.78 is 4.93. The molecule has 0 saturated heterocycles. The van der Waals surface area contributed by atoms with E-state index in [1.165, 1.54) is 7.11 Å². The summed E-state index contributed by atoms with van der Waals surface area (Å²) in [6.45, 7) is 0. The Kier molecular flexibility index (Phi) is 3.14. The zero-order valence-corrected chi connectivity index (χ0v) is 7.61. The first-order chi connectivity index (χ1) is 6.27. The number of nitrogens with one attached hydrogen (secondary N) is 1. The smallest absolute Gasteiger partial charge is 0.161 e. The van der Waals surface area contributed by atoms with Gasteiger partial charge >= 0.3 is 0 Å². The van der Waals surface area contributed by atoms with Gasteiger partial charge in [0.1, 0.15) is 0 Å². The van der Waals surface area contributed by atoms with E-state index in [9.17, 15) is 5.11 Å². The van der Waals surface area contributed by atoms with Crippen molar-refractivity contribution in [3.63, 3.8) is 0 Å². The van der Waals surface area contributed by atoms with Gasteiger partial charge in [-0.15, -0.1) is 0 Å². The van der Waals surface area contributed by atoms with E-state index in [1.54, 1.807) is 31.5 Å². The van der Waals surface area contributed by atoms with E-state index in [2.05, 4.69) is 10.5 Å². The maximum atomic E-state index is 9.28. The highest BCUT2D eigenvalue weighted by atomic mass is 16.5. The van der Waals surface area contributed by atoms with Gasteiger partial charge in [0.2, 0.25) is 0 Å². The molecule has 1 aromatic rings. The molecule has 0 bridgehead atoms. The van der Waals surface area contributed by atoms with Crippen molar-refractivity contribution in [1.82, 2.24) is 5.43 Å². The maximum Gasteiger partial charge on any atom is 0.161 e. The molecule has 0 spiro atoms. The summed E-state index contributed by atoms with van der Waals surface area (Å²) in [5, 5.41) is 13.1. The van der Waals surface area contributed by atoms with Crippen molar-refractivity contribution in [3.05, 3.63) is 23.8 Å². The molecular weight excluding hydrogens is 168 g/mol. The predicted molar refractivity (Wildman–Crippen MR) is 51.3 cm³/mol. The Morgan fingerprint density at radius 2 is 2.31 bits per heavy atom. The van der Waals surface area contributed by atoms with Crippen molar-refractivity contribution in [2.45, 2.75) is 0 Å². The monoisotopic (exact) mass is 180 g/mol. The molecule has 0 heterocycles. The van der Waals surface area contributed by atoms with Crippen molar-refractivity contribution in [2.24, 2.45) is 5.10 Å². The van der Waals surface area contributed by atoms with Gasteiger partial charge in [-0.3, -0.25) is 0 Å². The fourth-order valence-electron chi connectivity index (χ4n) is 0.914. The van der Waals surface area contributed by atoms with Gasteiger partial charge in [-0.25, -0.2) is 0 Å². The molecule has 13 heavy (non-hydrogen) atoms. The van der Waals surface area contributed by atoms with Gasteiger partial charge in [0.25, 0.3) is 0 Å². The number of ether oxygens (including phenoxy) is 1. The quantitative estimate of drug-likeness (QED) is 0.538. The van der Waals surface area contributed by atoms with E-state index in [1.807, 2.05) is 0 Å². The Labute approximate surface area is 76.8 Å². The number of hydrogen-bond donors (Lipinski definition) is 2. The topological polar surface area (TPSA) is 53.9 Å². The molecule has 0 aliphatic carbocycles. The highest BCUT2D eigenvalue weighted by molar-refractivity contribution is 5.80. The standard InChI is InChI=1S/C9H12N2O2/c1-10-11-6-7-3-4-8(12)9(5-7)13-2/h3-6,10,12H,1-2H3. The third-order valence-electron chi connectivity index (χ3n) is 1.55. The summed E-state index contributed by atoms with van der Waals surface area (Å²) in [6, 6.07) is 5.02. The van der Waals surface area contributed by atoms with Crippen LogP contribution in [-0.2, 0) is 0 Å². The second-order valence-electron chi connectivity index (χ2n) is 2.41. The van der Waals surface area contributed by atoms with Crippen LogP contribution in [0.1, 0.15) is 5.56 Å². The largest absolute Gasteiger partial charge is 0.504 e. The minimum Gasteiger partial charge on any atom is -0.504 e. The third-order valence-corrected chi connectivity index (χ3v) is 1.55. The van der Waals surface area contributed by atoms with Gasteiger partial charge in [0, 0.05) is 7.05 Å². The van der Waals surface area contributed by atoms with Crippen molar-refractivity contribution < 1.29 is 9.84 Å². The Morgan fingerprint density at radius 3 is 2.92 bits per heavy atom. The highest BCUT2D eigenvalue weighted by Crippen LogP contribution is 2.25. The van der Waals surface area contributed by atoms with E-state index in [0.717, 1.165) is 5.56 Å². The summed E-state index contributed by atoms with van der Waals surface area (Å²) in [5.41, 5.74) is 3.50. The molecule has 0 fully saturated rings. The molecule has 0 amide bonds. The van der Waals surface area contributed by atoms with E-state index in [-0.39, 0.29) is 5.75 Å². The molecule has 1 rings (SSSR count). The lowest BCUT2D eigenvalue weighted by Gasteiger charge is -2.02. The number of phenols is 1. The number of nitrogens with zero attached hydrogens (tertiary/aromatic N) is 1. The van der Waals surface area contributed by atoms with Crippen LogP contribution in [0.5, 0.6) is 11.5 Å². The van der Waals surface area contributed by atoms with Crippen LogP contribution in [0.2, 0.25) is 0 Å². The average Bonchev–Trinajstić information content (AvgIpc) is 2.16. The fourth-order valence-corrected chi connectivity index (χ4v) is 0.914. The predicted octanol–water partition coefficient (Wildman–Crippen LogP) is 0.954. The van der Waals surface area contributed by atoms with Gasteiger partial charge in [0.05, 0.1) is 13.3 Å². The van der Waals surface area contributed by atoms with E-state index < -0.39 is 0 Å². The van der Waals surface area contributed by atoms with Gasteiger partial charge in [-0.05, 0) is 23.8 Å². The van der Waals surface area contributed by atoms with Crippen molar-refractivity contribution in [2.75, 3.05) is 14.2 Å². The highest BCUT2D eigenvalue weighted by Gasteiger charge is 2.00. The molecule has 0 aliphatic rings. The third kappa shape index (κ3) is 2.37. The van der Waals surface area contributed by atoms with Gasteiger partial charge in [0.15, 0.2) is 11.5 Å². The second-order valence-corrected chi connectivity index (χ2v) is 2.41. The van der Waals surface area contributed by atoms with E-state index in [0.29, 0.717) is 5.75 Å². The van der Waals surface area contributed by atoms with Crippen LogP contribution < -0.4 is 10.2 Å². The summed E-state index contributed by atoms with van der Waals surface area (Å²) in [6.07, 6.45) is 1.64. The number of rotatable bonds is 3. The molecule has 4 heteroatoms. The van der Waals surface area contributed by atoms with E-state index in [4.69, 9.17) is 4.74 Å². The first-order valence-corrected chi connectivity index (χ1v) is 3.84. The van der Waals surface area contributed by atoms with E-state index >= 15 is 0 Å². The van der Waals surface area contributed by atoms with Gasteiger partial charge in [-0.1, -0.05) is 0 Å². The number of benzene rings is 1. The Hall–Kier alpha value is -1.71. The maximum absolute atomic E-state index is 9.28. The summed E-state index contributed by atoms with van der Waals surface area (Å²) in [4.78, 5) is 0. The Bertz CT molecular complexity index is 310. The van der Waals surface area contributed by atoms with Crippen LogP contribution in [0.4, 0.5) is 0 Å². The van der Waals surface area contributed by atoms with Crippen LogP contribution in [0.3, 0.4) is 0 Å². The lowest BCUT2D eigenvalue weighted by molar-refractivity contribution is 0.373. The minimum atomic E-state index is 0.129. The fraction of sp³-hybridized carbons (Fsp3) is 0.222. The number of hydrogen-bond acceptors (Lipinski definition) is 4. The van der Waals surface area contributed by atoms with Crippen LogP contribution in [0, 0.1) is 0 Å². The zero-order valence-electron chi connectivity index (χ0n) is 7.61. The average molecular weight is 180 g/mol. The summed E-state index contributed by atoms with van der Waals surface area (Å²) in [7, 11) is 3.22. The molecule has 2 N–H and O–H groups in total. The molecular formula is C9H12N2O2. The molecule has 0 atom stereocenters. The van der Waals surface area contributed by atoms with Gasteiger partial charge in [-0.2, -0.15) is 5.10 Å². The molecule has 70 valence electrons. The number of aromatic hydroxyl groups is 1. The lowest BCUT2D eigenvalue weighted by Crippen LogP contribution is -1.95. The molecule has 4 nitrogen and oxygen atoms in total. The second kappa shape index (κ2) is 4.35. The molecule has 1 aromatic carbocycles. The van der Waals surface area contributed by atoms with Crippen molar-refractivity contribution in [1.29, 1.82) is 0 Å². The van der Waals surface area contributed by atoms with Crippen LogP contribution >= 0.6 is 0 Å². The van der Waals surface area contributed by atoms with Crippen LogP contribution in [-0.4, -0.2) is 25.5 Å². The van der Waals surface area contributed by atoms with Crippen molar-refractivity contribution in [3.8, 4) is 11.5 Å². The molecule has 0 radical (unpaired) electrons. The normalized spacial score (nSPS) is 10.3. The lowest BCUT2D eigenvalue weighted by atomic mass is 10.2. The van der Waals surface area contributed by atoms with Crippen LogP contribution in [0.15, 0.2) is 23.3 Å². The summed E-state index contributed by atoms with van der Waals surface area (Å²) in [5.74, 6) is 0.573. The summed E-state index contributed by atoms with van der Waals surface area (Å²) >= 11 is 0. The first kappa shape index (κ1) is 9.38. The Balaban J connectivity index is 2.92. The number of methoxy groups -OCH3 is 1. The number of hydrazone groups is 1. The molecule has 0 unspecified atom stereocenters. The van der Waals surface area contributed by atoms with Crippen LogP contribution in [0.25, 0.3) is 0 Å². The molecule has 0 aromatic heterocycles. The minimum absolute atomic E-state index is 0.129. The Morgan fingerprint density at radius 1 is 1.54 bits per heavy atom. The molecule has 0 aliphatic heterocycles. The SMILES string of the molecule is CNN=Cc1ccc(O)c(OC)c1.